The first kappa shape index (κ1) is 16.4. The molecule has 0 bridgehead atoms. The maximum absolute atomic E-state index is 6.28. The Hall–Kier alpha value is -1.49. The molecule has 1 aromatic carbocycles. The van der Waals surface area contributed by atoms with Crippen molar-refractivity contribution >= 4 is 34.6 Å². The molecule has 1 aliphatic heterocycles. The Labute approximate surface area is 146 Å². The number of aryl methyl sites for hydroxylation is 1. The second kappa shape index (κ2) is 7.39. The van der Waals surface area contributed by atoms with Gasteiger partial charge in [-0.25, -0.2) is 4.98 Å². The van der Waals surface area contributed by atoms with Gasteiger partial charge >= 0.3 is 0 Å². The highest BCUT2D eigenvalue weighted by Gasteiger charge is 2.16. The fourth-order valence-corrected chi connectivity index (χ4v) is 3.22. The molecule has 0 spiro atoms. The number of rotatable bonds is 5. The van der Waals surface area contributed by atoms with Gasteiger partial charge in [0.25, 0.3) is 0 Å². The van der Waals surface area contributed by atoms with Gasteiger partial charge in [0.2, 0.25) is 0 Å². The first-order valence-corrected chi connectivity index (χ1v) is 8.50. The van der Waals surface area contributed by atoms with E-state index in [2.05, 4.69) is 20.9 Å². The maximum atomic E-state index is 6.28. The van der Waals surface area contributed by atoms with Gasteiger partial charge in [0, 0.05) is 36.6 Å². The van der Waals surface area contributed by atoms with Gasteiger partial charge in [0.05, 0.1) is 10.7 Å². The zero-order valence-electron chi connectivity index (χ0n) is 13.0. The minimum Gasteiger partial charge on any atom is -0.381 e. The molecule has 23 heavy (non-hydrogen) atoms. The van der Waals surface area contributed by atoms with Crippen LogP contribution in [0.1, 0.15) is 17.5 Å². The molecule has 122 valence electrons. The van der Waals surface area contributed by atoms with Crippen molar-refractivity contribution in [2.45, 2.75) is 25.9 Å². The van der Waals surface area contributed by atoms with Crippen LogP contribution >= 0.6 is 23.2 Å². The topological polar surface area (TPSA) is 49.0 Å². The van der Waals surface area contributed by atoms with E-state index >= 15 is 0 Å². The fraction of sp³-hybridized carbons (Fsp3) is 0.353. The molecule has 0 saturated carbocycles. The molecule has 1 unspecified atom stereocenters. The summed E-state index contributed by atoms with van der Waals surface area (Å²) in [7, 11) is 0. The largest absolute Gasteiger partial charge is 0.381 e. The van der Waals surface area contributed by atoms with Crippen LogP contribution in [0, 0.1) is 6.92 Å². The highest BCUT2D eigenvalue weighted by Crippen LogP contribution is 2.27. The number of hydrogen-bond acceptors (Lipinski definition) is 4. The molecular formula is C17H20Cl2N4. The smallest absolute Gasteiger partial charge is 0.131 e. The number of nitrogens with one attached hydrogen (secondary N) is 3. The number of halogens is 2. The summed E-state index contributed by atoms with van der Waals surface area (Å²) in [5.74, 6) is 0. The number of anilines is 2. The van der Waals surface area contributed by atoms with Crippen molar-refractivity contribution in [1.29, 1.82) is 0 Å². The van der Waals surface area contributed by atoms with E-state index in [4.69, 9.17) is 23.2 Å². The molecule has 1 fully saturated rings. The molecule has 2 heterocycles. The van der Waals surface area contributed by atoms with E-state index in [0.717, 1.165) is 47.0 Å². The van der Waals surface area contributed by atoms with Gasteiger partial charge in [0.15, 0.2) is 0 Å². The summed E-state index contributed by atoms with van der Waals surface area (Å²) < 4.78 is 0. The summed E-state index contributed by atoms with van der Waals surface area (Å²) in [6.07, 6.45) is 2.92. The standard InChI is InChI=1S/C17H20Cl2N4/c1-11-3-2-4-14(18)17(11)22-9-12-8-21-16(19)7-15(12)23-13-5-6-20-10-13/h2-4,7-8,13,20,22H,5-6,9-10H2,1H3,(H,21,23). The predicted molar refractivity (Wildman–Crippen MR) is 97.7 cm³/mol. The van der Waals surface area contributed by atoms with Crippen molar-refractivity contribution in [3.63, 3.8) is 0 Å². The molecule has 2 aromatic rings. The van der Waals surface area contributed by atoms with Crippen LogP contribution in [0.25, 0.3) is 0 Å². The van der Waals surface area contributed by atoms with Crippen LogP contribution in [0.4, 0.5) is 11.4 Å². The Morgan fingerprint density at radius 3 is 2.96 bits per heavy atom. The minimum atomic E-state index is 0.425. The van der Waals surface area contributed by atoms with E-state index in [9.17, 15) is 0 Å². The average molecular weight is 351 g/mol. The van der Waals surface area contributed by atoms with Gasteiger partial charge in [-0.1, -0.05) is 35.3 Å². The Morgan fingerprint density at radius 1 is 1.35 bits per heavy atom. The van der Waals surface area contributed by atoms with Crippen molar-refractivity contribution < 1.29 is 0 Å². The quantitative estimate of drug-likeness (QED) is 0.711. The molecule has 1 atom stereocenters. The Morgan fingerprint density at radius 2 is 2.22 bits per heavy atom. The third kappa shape index (κ3) is 4.08. The average Bonchev–Trinajstić information content (AvgIpc) is 3.01. The second-order valence-corrected chi connectivity index (χ2v) is 6.58. The van der Waals surface area contributed by atoms with Crippen LogP contribution in [0.3, 0.4) is 0 Å². The third-order valence-electron chi connectivity index (χ3n) is 4.05. The lowest BCUT2D eigenvalue weighted by molar-refractivity contribution is 0.790. The Bertz CT molecular complexity index is 664. The van der Waals surface area contributed by atoms with Gasteiger partial charge in [-0.2, -0.15) is 0 Å². The molecule has 0 radical (unpaired) electrons. The lowest BCUT2D eigenvalue weighted by atomic mass is 10.1. The van der Waals surface area contributed by atoms with Crippen molar-refractivity contribution in [2.75, 3.05) is 23.7 Å². The first-order chi connectivity index (χ1) is 11.1. The van der Waals surface area contributed by atoms with Gasteiger partial charge < -0.3 is 16.0 Å². The molecule has 1 aliphatic rings. The number of benzene rings is 1. The Balaban J connectivity index is 1.76. The number of pyridine rings is 1. The SMILES string of the molecule is Cc1cccc(Cl)c1NCc1cnc(Cl)cc1NC1CCNC1. The van der Waals surface area contributed by atoms with Crippen molar-refractivity contribution in [1.82, 2.24) is 10.3 Å². The molecule has 0 aliphatic carbocycles. The number of para-hydroxylation sites is 1. The summed E-state index contributed by atoms with van der Waals surface area (Å²) in [4.78, 5) is 4.21. The maximum Gasteiger partial charge on any atom is 0.131 e. The molecule has 4 nitrogen and oxygen atoms in total. The van der Waals surface area contributed by atoms with Crippen LogP contribution in [0.5, 0.6) is 0 Å². The van der Waals surface area contributed by atoms with Crippen LogP contribution in [-0.4, -0.2) is 24.1 Å². The van der Waals surface area contributed by atoms with E-state index in [1.165, 1.54) is 0 Å². The zero-order chi connectivity index (χ0) is 16.2. The van der Waals surface area contributed by atoms with E-state index in [1.54, 1.807) is 0 Å². The summed E-state index contributed by atoms with van der Waals surface area (Å²) >= 11 is 12.3. The molecular weight excluding hydrogens is 331 g/mol. The summed E-state index contributed by atoms with van der Waals surface area (Å²) in [5, 5.41) is 11.5. The van der Waals surface area contributed by atoms with Gasteiger partial charge in [-0.15, -0.1) is 0 Å². The number of aromatic nitrogens is 1. The van der Waals surface area contributed by atoms with E-state index in [0.29, 0.717) is 17.7 Å². The van der Waals surface area contributed by atoms with Gasteiger partial charge in [0.1, 0.15) is 5.15 Å². The van der Waals surface area contributed by atoms with Crippen molar-refractivity contribution in [3.8, 4) is 0 Å². The molecule has 1 aromatic heterocycles. The highest BCUT2D eigenvalue weighted by molar-refractivity contribution is 6.33. The third-order valence-corrected chi connectivity index (χ3v) is 4.57. The van der Waals surface area contributed by atoms with Gasteiger partial charge in [-0.3, -0.25) is 0 Å². The monoisotopic (exact) mass is 350 g/mol. The van der Waals surface area contributed by atoms with E-state index < -0.39 is 0 Å². The van der Waals surface area contributed by atoms with Crippen LogP contribution < -0.4 is 16.0 Å². The Kier molecular flexibility index (Phi) is 5.26. The molecule has 3 rings (SSSR count). The van der Waals surface area contributed by atoms with E-state index in [1.807, 2.05) is 37.4 Å². The zero-order valence-corrected chi connectivity index (χ0v) is 14.5. The second-order valence-electron chi connectivity index (χ2n) is 5.78. The van der Waals surface area contributed by atoms with Gasteiger partial charge in [-0.05, 0) is 37.6 Å². The van der Waals surface area contributed by atoms with Crippen molar-refractivity contribution in [3.05, 3.63) is 51.8 Å². The first-order valence-electron chi connectivity index (χ1n) is 7.74. The van der Waals surface area contributed by atoms with Crippen LogP contribution in [0.15, 0.2) is 30.5 Å². The lowest BCUT2D eigenvalue weighted by Crippen LogP contribution is -2.23. The normalized spacial score (nSPS) is 17.3. The van der Waals surface area contributed by atoms with Crippen LogP contribution in [0.2, 0.25) is 10.2 Å². The fourth-order valence-electron chi connectivity index (χ4n) is 2.77. The minimum absolute atomic E-state index is 0.425. The molecule has 1 saturated heterocycles. The van der Waals surface area contributed by atoms with E-state index in [-0.39, 0.29) is 0 Å². The molecule has 3 N–H and O–H groups in total. The number of nitrogens with zero attached hydrogens (tertiary/aromatic N) is 1. The molecule has 6 heteroatoms. The highest BCUT2D eigenvalue weighted by atomic mass is 35.5. The molecule has 0 amide bonds. The summed E-state index contributed by atoms with van der Waals surface area (Å²) in [5.41, 5.74) is 4.17. The number of hydrogen-bond donors (Lipinski definition) is 3. The summed E-state index contributed by atoms with van der Waals surface area (Å²) in [6.45, 7) is 4.69. The van der Waals surface area contributed by atoms with Crippen molar-refractivity contribution in [2.24, 2.45) is 0 Å². The van der Waals surface area contributed by atoms with Crippen LogP contribution in [-0.2, 0) is 6.54 Å². The summed E-state index contributed by atoms with van der Waals surface area (Å²) in [6, 6.07) is 8.19. The predicted octanol–water partition coefficient (Wildman–Crippen LogP) is 4.08. The lowest BCUT2D eigenvalue weighted by Gasteiger charge is -2.18.